The fourth-order valence-electron chi connectivity index (χ4n) is 1.38. The molecule has 0 atom stereocenters. The first-order valence-electron chi connectivity index (χ1n) is 5.52. The average Bonchev–Trinajstić information content (AvgIpc) is 2.70. The molecule has 0 saturated carbocycles. The van der Waals surface area contributed by atoms with Crippen LogP contribution in [-0.4, -0.2) is 46.1 Å². The van der Waals surface area contributed by atoms with Crippen LogP contribution in [-0.2, 0) is 26.4 Å². The standard InChI is InChI=1S/C11H16N2O4S3/c1-13(20(16,17)9-19(2,14)15)7-10-6-11(18-8-10)4-3-5-12/h6,8H,5,7,9,12H2,1-2H3. The van der Waals surface area contributed by atoms with E-state index in [2.05, 4.69) is 11.8 Å². The van der Waals surface area contributed by atoms with Gasteiger partial charge in [-0.05, 0) is 17.0 Å². The van der Waals surface area contributed by atoms with Crippen LogP contribution in [0.4, 0.5) is 0 Å². The van der Waals surface area contributed by atoms with Gasteiger partial charge < -0.3 is 5.73 Å². The molecule has 112 valence electrons. The molecule has 0 unspecified atom stereocenters. The summed E-state index contributed by atoms with van der Waals surface area (Å²) in [5, 5.41) is 0.896. The Hall–Kier alpha value is -0.920. The van der Waals surface area contributed by atoms with Gasteiger partial charge in [0.2, 0.25) is 10.0 Å². The van der Waals surface area contributed by atoms with Gasteiger partial charge in [-0.2, -0.15) is 4.31 Å². The minimum atomic E-state index is -3.83. The van der Waals surface area contributed by atoms with Crippen molar-refractivity contribution in [2.24, 2.45) is 5.73 Å². The predicted molar refractivity (Wildman–Crippen MR) is 80.3 cm³/mol. The Kier molecular flexibility index (Phi) is 5.73. The average molecular weight is 336 g/mol. The van der Waals surface area contributed by atoms with Crippen LogP contribution in [0.15, 0.2) is 11.4 Å². The molecule has 0 aromatic carbocycles. The van der Waals surface area contributed by atoms with E-state index in [1.807, 2.05) is 0 Å². The lowest BCUT2D eigenvalue weighted by molar-refractivity contribution is 0.470. The van der Waals surface area contributed by atoms with Gasteiger partial charge in [0, 0.05) is 19.8 Å². The lowest BCUT2D eigenvalue weighted by atomic mass is 10.3. The zero-order valence-electron chi connectivity index (χ0n) is 11.2. The molecule has 1 heterocycles. The van der Waals surface area contributed by atoms with Crippen molar-refractivity contribution in [1.29, 1.82) is 0 Å². The molecule has 0 aliphatic rings. The van der Waals surface area contributed by atoms with Crippen LogP contribution in [0.5, 0.6) is 0 Å². The maximum atomic E-state index is 11.8. The number of hydrogen-bond acceptors (Lipinski definition) is 6. The molecule has 0 radical (unpaired) electrons. The molecular formula is C11H16N2O4S3. The normalized spacial score (nSPS) is 12.2. The molecule has 1 rings (SSSR count). The number of nitrogens with zero attached hydrogens (tertiary/aromatic N) is 1. The molecule has 20 heavy (non-hydrogen) atoms. The zero-order valence-corrected chi connectivity index (χ0v) is 13.6. The van der Waals surface area contributed by atoms with Gasteiger partial charge in [0.1, 0.15) is 0 Å². The maximum Gasteiger partial charge on any atom is 0.228 e. The summed E-state index contributed by atoms with van der Waals surface area (Å²) in [6.07, 6.45) is 0.892. The third-order valence-corrected chi connectivity index (χ3v) is 7.09. The van der Waals surface area contributed by atoms with E-state index in [9.17, 15) is 16.8 Å². The van der Waals surface area contributed by atoms with Gasteiger partial charge in [-0.1, -0.05) is 11.8 Å². The van der Waals surface area contributed by atoms with Gasteiger partial charge in [0.15, 0.2) is 14.9 Å². The van der Waals surface area contributed by atoms with Crippen molar-refractivity contribution in [1.82, 2.24) is 4.31 Å². The Morgan fingerprint density at radius 2 is 2.00 bits per heavy atom. The number of thiophene rings is 1. The second-order valence-corrected chi connectivity index (χ2v) is 9.73. The maximum absolute atomic E-state index is 11.8. The summed E-state index contributed by atoms with van der Waals surface area (Å²) >= 11 is 1.39. The first-order chi connectivity index (χ1) is 9.14. The predicted octanol–water partition coefficient (Wildman–Crippen LogP) is -0.178. The lowest BCUT2D eigenvalue weighted by Crippen LogP contribution is -2.31. The SMILES string of the molecule is CN(Cc1csc(C#CCN)c1)S(=O)(=O)CS(C)(=O)=O. The van der Waals surface area contributed by atoms with Crippen molar-refractivity contribution in [3.05, 3.63) is 21.9 Å². The third kappa shape index (κ3) is 5.60. The molecule has 1 aromatic heterocycles. The molecule has 0 spiro atoms. The van der Waals surface area contributed by atoms with Crippen molar-refractivity contribution in [2.75, 3.05) is 24.9 Å². The molecule has 0 fully saturated rings. The van der Waals surface area contributed by atoms with Gasteiger partial charge in [-0.3, -0.25) is 0 Å². The fourth-order valence-corrected chi connectivity index (χ4v) is 5.38. The highest BCUT2D eigenvalue weighted by Crippen LogP contribution is 2.16. The minimum Gasteiger partial charge on any atom is -0.320 e. The fraction of sp³-hybridized carbons (Fsp3) is 0.455. The molecule has 9 heteroatoms. The summed E-state index contributed by atoms with van der Waals surface area (Å²) < 4.78 is 46.9. The summed E-state index contributed by atoms with van der Waals surface area (Å²) in [6.45, 7) is 0.370. The molecule has 6 nitrogen and oxygen atoms in total. The van der Waals surface area contributed by atoms with Crippen LogP contribution in [0, 0.1) is 11.8 Å². The molecule has 0 saturated heterocycles. The molecular weight excluding hydrogens is 320 g/mol. The summed E-state index contributed by atoms with van der Waals surface area (Å²) in [5.74, 6) is 5.56. The van der Waals surface area contributed by atoms with E-state index < -0.39 is 24.9 Å². The van der Waals surface area contributed by atoms with E-state index in [4.69, 9.17) is 5.73 Å². The van der Waals surface area contributed by atoms with E-state index in [0.29, 0.717) is 0 Å². The van der Waals surface area contributed by atoms with E-state index in [1.54, 1.807) is 11.4 Å². The number of nitrogens with two attached hydrogens (primary N) is 1. The first-order valence-corrected chi connectivity index (χ1v) is 10.1. The van der Waals surface area contributed by atoms with E-state index >= 15 is 0 Å². The van der Waals surface area contributed by atoms with Gasteiger partial charge in [-0.25, -0.2) is 16.8 Å². The number of rotatable bonds is 5. The highest BCUT2D eigenvalue weighted by Gasteiger charge is 2.23. The summed E-state index contributed by atoms with van der Waals surface area (Å²) in [7, 11) is -6.07. The van der Waals surface area contributed by atoms with Gasteiger partial charge >= 0.3 is 0 Å². The largest absolute Gasteiger partial charge is 0.320 e. The second-order valence-electron chi connectivity index (χ2n) is 4.24. The van der Waals surface area contributed by atoms with Gasteiger partial charge in [0.25, 0.3) is 0 Å². The topological polar surface area (TPSA) is 97.5 Å². The van der Waals surface area contributed by atoms with Crippen molar-refractivity contribution in [3.63, 3.8) is 0 Å². The molecule has 0 amide bonds. The summed E-state index contributed by atoms with van der Waals surface area (Å²) in [6, 6.07) is 1.76. The first kappa shape index (κ1) is 17.1. The van der Waals surface area contributed by atoms with Crippen molar-refractivity contribution < 1.29 is 16.8 Å². The number of hydrogen-bond donors (Lipinski definition) is 1. The van der Waals surface area contributed by atoms with Crippen LogP contribution >= 0.6 is 11.3 Å². The third-order valence-electron chi connectivity index (χ3n) is 2.21. The summed E-state index contributed by atoms with van der Waals surface area (Å²) in [5.41, 5.74) is 6.03. The molecule has 0 aliphatic heterocycles. The Morgan fingerprint density at radius 1 is 1.35 bits per heavy atom. The van der Waals surface area contributed by atoms with Crippen LogP contribution in [0.25, 0.3) is 0 Å². The van der Waals surface area contributed by atoms with Crippen LogP contribution in [0.2, 0.25) is 0 Å². The monoisotopic (exact) mass is 336 g/mol. The number of sulfone groups is 1. The van der Waals surface area contributed by atoms with Crippen LogP contribution in [0.3, 0.4) is 0 Å². The Bertz CT molecular complexity index is 723. The highest BCUT2D eigenvalue weighted by molar-refractivity contribution is 8.06. The van der Waals surface area contributed by atoms with Crippen molar-refractivity contribution in [2.45, 2.75) is 6.54 Å². The Labute approximate surface area is 123 Å². The Morgan fingerprint density at radius 3 is 2.55 bits per heavy atom. The molecule has 0 bridgehead atoms. The van der Waals surface area contributed by atoms with Crippen LogP contribution < -0.4 is 5.73 Å². The van der Waals surface area contributed by atoms with E-state index in [0.717, 1.165) is 21.0 Å². The van der Waals surface area contributed by atoms with Crippen molar-refractivity contribution >= 4 is 31.2 Å². The van der Waals surface area contributed by atoms with E-state index in [1.165, 1.54) is 18.4 Å². The zero-order chi connectivity index (χ0) is 15.4. The number of sulfonamides is 1. The smallest absolute Gasteiger partial charge is 0.228 e. The highest BCUT2D eigenvalue weighted by atomic mass is 32.3. The quantitative estimate of drug-likeness (QED) is 0.753. The lowest BCUT2D eigenvalue weighted by Gasteiger charge is -2.15. The van der Waals surface area contributed by atoms with Crippen molar-refractivity contribution in [3.8, 4) is 11.8 Å². The molecule has 2 N–H and O–H groups in total. The van der Waals surface area contributed by atoms with Gasteiger partial charge in [0.05, 0.1) is 11.4 Å². The van der Waals surface area contributed by atoms with Crippen LogP contribution in [0.1, 0.15) is 10.4 Å². The minimum absolute atomic E-state index is 0.110. The molecule has 1 aromatic rings. The molecule has 0 aliphatic carbocycles. The van der Waals surface area contributed by atoms with Gasteiger partial charge in [-0.15, -0.1) is 11.3 Å². The summed E-state index contributed by atoms with van der Waals surface area (Å²) in [4.78, 5) is 0.791. The Balaban J connectivity index is 2.80. The van der Waals surface area contributed by atoms with E-state index in [-0.39, 0.29) is 13.1 Å². The second kappa shape index (κ2) is 6.69.